The van der Waals surface area contributed by atoms with Crippen molar-refractivity contribution in [2.45, 2.75) is 97.4 Å². The van der Waals surface area contributed by atoms with Gasteiger partial charge in [0.15, 0.2) is 0 Å². The summed E-state index contributed by atoms with van der Waals surface area (Å²) in [5.41, 5.74) is -2.92. The van der Waals surface area contributed by atoms with E-state index in [0.29, 0.717) is 31.6 Å². The first-order chi connectivity index (χ1) is 15.7. The van der Waals surface area contributed by atoms with E-state index in [1.54, 1.807) is 20.8 Å². The molecule has 0 spiro atoms. The minimum absolute atomic E-state index is 0.120. The lowest BCUT2D eigenvalue weighted by molar-refractivity contribution is -0.187. The van der Waals surface area contributed by atoms with Crippen molar-refractivity contribution in [3.63, 3.8) is 0 Å². The van der Waals surface area contributed by atoms with Crippen LogP contribution in [0.1, 0.15) is 79.6 Å². The summed E-state index contributed by atoms with van der Waals surface area (Å²) < 4.78 is 17.0. The monoisotopic (exact) mass is 482 g/mol. The summed E-state index contributed by atoms with van der Waals surface area (Å²) in [5.74, 6) is -3.37. The number of fused-ring (bicyclic) bond motifs is 1. The molecule has 4 aliphatic rings. The Kier molecular flexibility index (Phi) is 7.37. The highest BCUT2D eigenvalue weighted by molar-refractivity contribution is 5.81. The molecule has 4 fully saturated rings. The third-order valence-electron chi connectivity index (χ3n) is 7.73. The molecule has 2 aliphatic carbocycles. The van der Waals surface area contributed by atoms with Crippen molar-refractivity contribution in [2.24, 2.45) is 28.6 Å². The molecule has 34 heavy (non-hydrogen) atoms. The van der Waals surface area contributed by atoms with Gasteiger partial charge >= 0.3 is 23.9 Å². The molecule has 0 aromatic carbocycles. The van der Waals surface area contributed by atoms with E-state index in [2.05, 4.69) is 0 Å². The van der Waals surface area contributed by atoms with Gasteiger partial charge in [0.1, 0.15) is 11.7 Å². The van der Waals surface area contributed by atoms with Gasteiger partial charge in [-0.3, -0.25) is 14.4 Å². The molecule has 192 valence electrons. The lowest BCUT2D eigenvalue weighted by Crippen LogP contribution is -2.50. The van der Waals surface area contributed by atoms with Crippen molar-refractivity contribution >= 4 is 23.9 Å². The van der Waals surface area contributed by atoms with E-state index in [1.807, 2.05) is 0 Å². The van der Waals surface area contributed by atoms with E-state index in [4.69, 9.17) is 14.2 Å². The van der Waals surface area contributed by atoms with Crippen molar-refractivity contribution in [3.8, 4) is 0 Å². The van der Waals surface area contributed by atoms with E-state index < -0.39 is 53.0 Å². The maximum absolute atomic E-state index is 13.3. The summed E-state index contributed by atoms with van der Waals surface area (Å²) in [4.78, 5) is 50.2. The Morgan fingerprint density at radius 1 is 1.15 bits per heavy atom. The first-order valence-electron chi connectivity index (χ1n) is 12.2. The average molecular weight is 483 g/mol. The number of aliphatic hydroxyl groups is 1. The van der Waals surface area contributed by atoms with Crippen LogP contribution in [0.15, 0.2) is 0 Å². The summed E-state index contributed by atoms with van der Waals surface area (Å²) in [5, 5.41) is 19.0. The van der Waals surface area contributed by atoms with Gasteiger partial charge in [0, 0.05) is 18.3 Å². The van der Waals surface area contributed by atoms with E-state index in [9.17, 15) is 29.4 Å². The topological polar surface area (TPSA) is 136 Å². The second-order valence-corrected chi connectivity index (χ2v) is 11.8. The molecule has 9 heteroatoms. The van der Waals surface area contributed by atoms with Crippen LogP contribution in [-0.4, -0.2) is 58.5 Å². The van der Waals surface area contributed by atoms with Crippen molar-refractivity contribution in [2.75, 3.05) is 6.61 Å². The molecule has 9 nitrogen and oxygen atoms in total. The summed E-state index contributed by atoms with van der Waals surface area (Å²) in [7, 11) is 0. The number of hydrogen-bond acceptors (Lipinski definition) is 8. The van der Waals surface area contributed by atoms with Gasteiger partial charge in [-0.25, -0.2) is 4.79 Å². The van der Waals surface area contributed by atoms with E-state index in [-0.39, 0.29) is 24.4 Å². The highest BCUT2D eigenvalue weighted by atomic mass is 16.6. The third-order valence-corrected chi connectivity index (χ3v) is 7.73. The number of aliphatic carboxylic acids is 1. The highest BCUT2D eigenvalue weighted by Gasteiger charge is 2.55. The molecule has 0 radical (unpaired) electrons. The second-order valence-electron chi connectivity index (χ2n) is 11.8. The van der Waals surface area contributed by atoms with Gasteiger partial charge in [0.25, 0.3) is 0 Å². The van der Waals surface area contributed by atoms with Gasteiger partial charge in [0.2, 0.25) is 6.10 Å². The lowest BCUT2D eigenvalue weighted by atomic mass is 9.65. The second kappa shape index (κ2) is 9.47. The van der Waals surface area contributed by atoms with Gasteiger partial charge in [-0.1, -0.05) is 20.8 Å². The number of carbonyl (C=O) groups is 4. The number of carboxylic acids is 1. The maximum atomic E-state index is 13.3. The number of ether oxygens (including phenoxy) is 3. The molecule has 2 saturated carbocycles. The first-order valence-corrected chi connectivity index (χ1v) is 12.2. The van der Waals surface area contributed by atoms with Crippen LogP contribution in [0.5, 0.6) is 0 Å². The van der Waals surface area contributed by atoms with Crippen LogP contribution < -0.4 is 0 Å². The number of carbonyl (C=O) groups excluding carboxylic acids is 3. The van der Waals surface area contributed by atoms with Crippen LogP contribution in [0.4, 0.5) is 0 Å². The largest absolute Gasteiger partial charge is 0.478 e. The number of hydrogen-bond donors (Lipinski definition) is 2. The predicted octanol–water partition coefficient (Wildman–Crippen LogP) is 2.86. The first kappa shape index (κ1) is 26.4. The highest BCUT2D eigenvalue weighted by Crippen LogP contribution is 2.52. The molecule has 6 atom stereocenters. The molecule has 2 aliphatic heterocycles. The zero-order valence-electron chi connectivity index (χ0n) is 20.8. The van der Waals surface area contributed by atoms with Crippen molar-refractivity contribution in [1.29, 1.82) is 0 Å². The van der Waals surface area contributed by atoms with Gasteiger partial charge in [-0.2, -0.15) is 0 Å². The number of carboxylic acid groups (broad SMARTS) is 1. The van der Waals surface area contributed by atoms with E-state index >= 15 is 0 Å². The van der Waals surface area contributed by atoms with Gasteiger partial charge in [-0.05, 0) is 51.9 Å². The lowest BCUT2D eigenvalue weighted by Gasteiger charge is -2.46. The Morgan fingerprint density at radius 3 is 2.41 bits per heavy atom. The van der Waals surface area contributed by atoms with E-state index in [0.717, 1.165) is 12.8 Å². The molecule has 6 unspecified atom stereocenters. The van der Waals surface area contributed by atoms with Crippen molar-refractivity contribution in [3.05, 3.63) is 0 Å². The van der Waals surface area contributed by atoms with Crippen LogP contribution in [0.3, 0.4) is 0 Å². The number of esters is 3. The molecule has 4 bridgehead atoms. The minimum atomic E-state index is -1.51. The fraction of sp³-hybridized carbons (Fsp3) is 0.840. The normalized spacial score (nSPS) is 30.2. The Labute approximate surface area is 200 Å². The Bertz CT molecular complexity index is 832. The Morgan fingerprint density at radius 2 is 1.82 bits per heavy atom. The smallest absolute Gasteiger partial charge is 0.345 e. The average Bonchev–Trinajstić information content (AvgIpc) is 2.90. The Balaban J connectivity index is 1.69. The fourth-order valence-corrected chi connectivity index (χ4v) is 5.77. The molecule has 2 N–H and O–H groups in total. The minimum Gasteiger partial charge on any atom is -0.478 e. The molecule has 2 heterocycles. The summed E-state index contributed by atoms with van der Waals surface area (Å²) in [6.07, 6.45) is 2.00. The molecule has 0 aromatic rings. The molecular weight excluding hydrogens is 444 g/mol. The fourth-order valence-electron chi connectivity index (χ4n) is 5.77. The zero-order chi connectivity index (χ0) is 25.5. The van der Waals surface area contributed by atoms with Crippen LogP contribution in [0, 0.1) is 28.6 Å². The maximum Gasteiger partial charge on any atom is 0.345 e. The zero-order valence-corrected chi connectivity index (χ0v) is 20.8. The predicted molar refractivity (Wildman–Crippen MR) is 119 cm³/mol. The Hall–Kier alpha value is -2.16. The molecular formula is C25H38O9. The van der Waals surface area contributed by atoms with Crippen molar-refractivity contribution < 1.29 is 43.6 Å². The summed E-state index contributed by atoms with van der Waals surface area (Å²) >= 11 is 0. The van der Waals surface area contributed by atoms with Crippen LogP contribution in [0.2, 0.25) is 0 Å². The summed E-state index contributed by atoms with van der Waals surface area (Å²) in [6, 6.07) is 0. The van der Waals surface area contributed by atoms with Crippen LogP contribution in [0.25, 0.3) is 0 Å². The van der Waals surface area contributed by atoms with Crippen LogP contribution >= 0.6 is 0 Å². The quantitative estimate of drug-likeness (QED) is 0.356. The van der Waals surface area contributed by atoms with Crippen LogP contribution in [-0.2, 0) is 33.4 Å². The number of rotatable bonds is 10. The molecule has 0 aromatic heterocycles. The number of aliphatic hydroxyl groups excluding tert-OH is 1. The third kappa shape index (κ3) is 5.39. The van der Waals surface area contributed by atoms with Gasteiger partial charge in [0.05, 0.1) is 23.9 Å². The molecule has 0 amide bonds. The molecule has 4 rings (SSSR count). The van der Waals surface area contributed by atoms with Gasteiger partial charge < -0.3 is 24.4 Å². The van der Waals surface area contributed by atoms with E-state index in [1.165, 1.54) is 13.8 Å². The standard InChI is InChI=1S/C25H38O9/c1-6-15(20(29)33-18(19(27)28)24(4,5)13-26)10-23(2,3)22(31)34-25-9-14-7-16(11-25)21(30)32-17(8-14)12-25/h14-18,26H,6-13H2,1-5H3,(H,27,28). The summed E-state index contributed by atoms with van der Waals surface area (Å²) in [6.45, 7) is 7.71. The molecule has 2 saturated heterocycles. The van der Waals surface area contributed by atoms with Crippen molar-refractivity contribution in [1.82, 2.24) is 0 Å². The van der Waals surface area contributed by atoms with Gasteiger partial charge in [-0.15, -0.1) is 0 Å². The SMILES string of the molecule is CCC(CC(C)(C)C(=O)OC12CC3CC(C1)OC(=O)C(C3)C2)C(=O)OC(C(=O)O)C(C)(C)CO.